The smallest absolute Gasteiger partial charge is 0.257 e. The van der Waals surface area contributed by atoms with Gasteiger partial charge in [0, 0.05) is 11.6 Å². The Balaban J connectivity index is 1.73. The van der Waals surface area contributed by atoms with E-state index in [4.69, 9.17) is 21.1 Å². The zero-order valence-electron chi connectivity index (χ0n) is 12.3. The minimum atomic E-state index is -0.159. The van der Waals surface area contributed by atoms with Crippen LogP contribution in [0.5, 0.6) is 11.5 Å². The van der Waals surface area contributed by atoms with Gasteiger partial charge in [0.1, 0.15) is 11.5 Å². The molecule has 0 spiro atoms. The maximum atomic E-state index is 11.7. The van der Waals surface area contributed by atoms with Crippen LogP contribution < -0.4 is 14.8 Å². The summed E-state index contributed by atoms with van der Waals surface area (Å²) in [6, 6.07) is 14.7. The number of hydrogen-bond acceptors (Lipinski definition) is 3. The van der Waals surface area contributed by atoms with Crippen molar-refractivity contribution >= 4 is 17.5 Å². The number of hydrogen-bond donors (Lipinski definition) is 1. The first kappa shape index (κ1) is 16.2. The third-order valence-corrected chi connectivity index (χ3v) is 3.44. The van der Waals surface area contributed by atoms with Gasteiger partial charge in [0.25, 0.3) is 5.91 Å². The van der Waals surface area contributed by atoms with Crippen LogP contribution in [0.4, 0.5) is 0 Å². The summed E-state index contributed by atoms with van der Waals surface area (Å²) in [5.74, 6) is 1.23. The molecule has 0 bridgehead atoms. The molecule has 1 amide bonds. The zero-order valence-corrected chi connectivity index (χ0v) is 13.1. The van der Waals surface area contributed by atoms with E-state index in [1.165, 1.54) is 0 Å². The highest BCUT2D eigenvalue weighted by Crippen LogP contribution is 2.22. The molecule has 5 heteroatoms. The van der Waals surface area contributed by atoms with Crippen molar-refractivity contribution in [2.24, 2.45) is 0 Å². The summed E-state index contributed by atoms with van der Waals surface area (Å²) in [5.41, 5.74) is 0.965. The van der Waals surface area contributed by atoms with Gasteiger partial charge in [0.05, 0.1) is 7.11 Å². The fourth-order valence-electron chi connectivity index (χ4n) is 1.91. The van der Waals surface area contributed by atoms with Crippen molar-refractivity contribution in [3.63, 3.8) is 0 Å². The first-order valence-electron chi connectivity index (χ1n) is 6.96. The summed E-state index contributed by atoms with van der Waals surface area (Å²) in [6.45, 7) is 0.503. The standard InChI is InChI=1S/C17H18ClNO3/c1-21-15-8-7-13(16(18)11-15)9-10-19-17(20)12-22-14-5-3-2-4-6-14/h2-8,11H,9-10,12H2,1H3,(H,19,20). The average Bonchev–Trinajstić information content (AvgIpc) is 2.55. The fraction of sp³-hybridized carbons (Fsp3) is 0.235. The number of benzene rings is 2. The largest absolute Gasteiger partial charge is 0.497 e. The minimum Gasteiger partial charge on any atom is -0.497 e. The monoisotopic (exact) mass is 319 g/mol. The highest BCUT2D eigenvalue weighted by Gasteiger charge is 2.05. The molecule has 0 saturated carbocycles. The van der Waals surface area contributed by atoms with Crippen LogP contribution in [0, 0.1) is 0 Å². The number of amides is 1. The highest BCUT2D eigenvalue weighted by molar-refractivity contribution is 6.31. The van der Waals surface area contributed by atoms with Crippen LogP contribution in [0.3, 0.4) is 0 Å². The van der Waals surface area contributed by atoms with E-state index in [9.17, 15) is 4.79 Å². The lowest BCUT2D eigenvalue weighted by atomic mass is 10.1. The van der Waals surface area contributed by atoms with E-state index in [1.807, 2.05) is 42.5 Å². The Kier molecular flexibility index (Phi) is 6.10. The van der Waals surface area contributed by atoms with Crippen LogP contribution in [0.1, 0.15) is 5.56 Å². The molecule has 0 radical (unpaired) electrons. The van der Waals surface area contributed by atoms with E-state index in [1.54, 1.807) is 13.2 Å². The molecule has 4 nitrogen and oxygen atoms in total. The van der Waals surface area contributed by atoms with Gasteiger partial charge in [-0.05, 0) is 36.2 Å². The molecule has 22 heavy (non-hydrogen) atoms. The van der Waals surface area contributed by atoms with Gasteiger partial charge in [-0.3, -0.25) is 4.79 Å². The second kappa shape index (κ2) is 8.29. The van der Waals surface area contributed by atoms with Gasteiger partial charge < -0.3 is 14.8 Å². The Hall–Kier alpha value is -2.20. The lowest BCUT2D eigenvalue weighted by Gasteiger charge is -2.09. The number of carbonyl (C=O) groups is 1. The summed E-state index contributed by atoms with van der Waals surface area (Å²) < 4.78 is 10.5. The normalized spacial score (nSPS) is 10.1. The van der Waals surface area contributed by atoms with Crippen molar-refractivity contribution < 1.29 is 14.3 Å². The quantitative estimate of drug-likeness (QED) is 0.853. The molecule has 0 aliphatic rings. The number of rotatable bonds is 7. The second-order valence-electron chi connectivity index (χ2n) is 4.66. The van der Waals surface area contributed by atoms with Crippen molar-refractivity contribution in [1.82, 2.24) is 5.32 Å². The van der Waals surface area contributed by atoms with Crippen molar-refractivity contribution in [1.29, 1.82) is 0 Å². The van der Waals surface area contributed by atoms with E-state index in [2.05, 4.69) is 5.32 Å². The van der Waals surface area contributed by atoms with Gasteiger partial charge in [-0.2, -0.15) is 0 Å². The lowest BCUT2D eigenvalue weighted by Crippen LogP contribution is -2.30. The Morgan fingerprint density at radius 3 is 2.59 bits per heavy atom. The molecular weight excluding hydrogens is 302 g/mol. The summed E-state index contributed by atoms with van der Waals surface area (Å²) in [4.78, 5) is 11.7. The molecule has 0 heterocycles. The Labute approximate surface area is 135 Å². The van der Waals surface area contributed by atoms with Gasteiger partial charge in [-0.1, -0.05) is 35.9 Å². The molecule has 0 saturated heterocycles. The fourth-order valence-corrected chi connectivity index (χ4v) is 2.18. The maximum Gasteiger partial charge on any atom is 0.257 e. The lowest BCUT2D eigenvalue weighted by molar-refractivity contribution is -0.123. The SMILES string of the molecule is COc1ccc(CCNC(=O)COc2ccccc2)c(Cl)c1. The predicted molar refractivity (Wildman–Crippen MR) is 86.7 cm³/mol. The van der Waals surface area contributed by atoms with Crippen LogP contribution >= 0.6 is 11.6 Å². The molecule has 0 aliphatic heterocycles. The summed E-state index contributed by atoms with van der Waals surface area (Å²) >= 11 is 6.15. The van der Waals surface area contributed by atoms with E-state index >= 15 is 0 Å². The van der Waals surface area contributed by atoms with E-state index < -0.39 is 0 Å². The molecule has 0 aliphatic carbocycles. The van der Waals surface area contributed by atoms with Crippen LogP contribution in [0.2, 0.25) is 5.02 Å². The molecule has 2 rings (SSSR count). The second-order valence-corrected chi connectivity index (χ2v) is 5.07. The van der Waals surface area contributed by atoms with Crippen LogP contribution in [-0.2, 0) is 11.2 Å². The van der Waals surface area contributed by atoms with Crippen molar-refractivity contribution in [2.45, 2.75) is 6.42 Å². The Morgan fingerprint density at radius 1 is 1.14 bits per heavy atom. The van der Waals surface area contributed by atoms with Gasteiger partial charge in [-0.15, -0.1) is 0 Å². The van der Waals surface area contributed by atoms with Crippen molar-refractivity contribution in [3.8, 4) is 11.5 Å². The Morgan fingerprint density at radius 2 is 1.91 bits per heavy atom. The number of ether oxygens (including phenoxy) is 2. The van der Waals surface area contributed by atoms with Gasteiger partial charge in [-0.25, -0.2) is 0 Å². The molecule has 1 N–H and O–H groups in total. The average molecular weight is 320 g/mol. The Bertz CT molecular complexity index is 617. The summed E-state index contributed by atoms with van der Waals surface area (Å²) in [5, 5.41) is 3.44. The van der Waals surface area contributed by atoms with Crippen LogP contribution in [0.15, 0.2) is 48.5 Å². The molecule has 0 aromatic heterocycles. The summed E-state index contributed by atoms with van der Waals surface area (Å²) in [6.07, 6.45) is 0.653. The van der Waals surface area contributed by atoms with Crippen LogP contribution in [-0.4, -0.2) is 26.2 Å². The minimum absolute atomic E-state index is 0.000355. The van der Waals surface area contributed by atoms with E-state index in [-0.39, 0.29) is 12.5 Å². The maximum absolute atomic E-state index is 11.7. The molecule has 0 atom stereocenters. The number of halogens is 1. The molecule has 2 aromatic carbocycles. The predicted octanol–water partition coefficient (Wildman–Crippen LogP) is 3.09. The number of para-hydroxylation sites is 1. The number of methoxy groups -OCH3 is 1. The van der Waals surface area contributed by atoms with Crippen LogP contribution in [0.25, 0.3) is 0 Å². The van der Waals surface area contributed by atoms with E-state index in [0.717, 1.165) is 5.56 Å². The first-order valence-corrected chi connectivity index (χ1v) is 7.34. The molecule has 116 valence electrons. The highest BCUT2D eigenvalue weighted by atomic mass is 35.5. The van der Waals surface area contributed by atoms with Gasteiger partial charge in [0.15, 0.2) is 6.61 Å². The third kappa shape index (κ3) is 4.97. The molecular formula is C17H18ClNO3. The van der Waals surface area contributed by atoms with Crippen molar-refractivity contribution in [3.05, 3.63) is 59.1 Å². The van der Waals surface area contributed by atoms with E-state index in [0.29, 0.717) is 29.5 Å². The number of nitrogens with one attached hydrogen (secondary N) is 1. The third-order valence-electron chi connectivity index (χ3n) is 3.09. The first-order chi connectivity index (χ1) is 10.7. The van der Waals surface area contributed by atoms with Crippen molar-refractivity contribution in [2.75, 3.05) is 20.3 Å². The van der Waals surface area contributed by atoms with Gasteiger partial charge in [0.2, 0.25) is 0 Å². The topological polar surface area (TPSA) is 47.6 Å². The molecule has 2 aromatic rings. The number of carbonyl (C=O) groups excluding carboxylic acids is 1. The molecule has 0 fully saturated rings. The molecule has 0 unspecified atom stereocenters. The zero-order chi connectivity index (χ0) is 15.8. The summed E-state index contributed by atoms with van der Waals surface area (Å²) in [7, 11) is 1.60. The van der Waals surface area contributed by atoms with Gasteiger partial charge >= 0.3 is 0 Å².